The summed E-state index contributed by atoms with van der Waals surface area (Å²) in [6, 6.07) is 25.0. The summed E-state index contributed by atoms with van der Waals surface area (Å²) >= 11 is 1.32. The van der Waals surface area contributed by atoms with E-state index in [0.717, 1.165) is 21.4 Å². The van der Waals surface area contributed by atoms with Crippen LogP contribution in [0.4, 0.5) is 0 Å². The van der Waals surface area contributed by atoms with Gasteiger partial charge in [0.25, 0.3) is 11.8 Å². The van der Waals surface area contributed by atoms with Crippen LogP contribution in [0.15, 0.2) is 94.9 Å². The van der Waals surface area contributed by atoms with E-state index in [1.165, 1.54) is 16.7 Å². The Labute approximate surface area is 196 Å². The lowest BCUT2D eigenvalue weighted by molar-refractivity contribution is -0.136. The number of hydrogen-bond acceptors (Lipinski definition) is 4. The summed E-state index contributed by atoms with van der Waals surface area (Å²) in [5, 5.41) is 1.10. The van der Waals surface area contributed by atoms with Gasteiger partial charge in [-0.05, 0) is 36.2 Å². The minimum Gasteiger partial charge on any atom is -0.496 e. The largest absolute Gasteiger partial charge is 0.496 e. The zero-order chi connectivity index (χ0) is 22.8. The van der Waals surface area contributed by atoms with E-state index in [9.17, 15) is 9.59 Å². The van der Waals surface area contributed by atoms with Gasteiger partial charge in [-0.2, -0.15) is 0 Å². The number of carbonyl (C=O) groups excluding carboxylic acids is 2. The molecule has 3 aromatic carbocycles. The average molecular weight is 455 g/mol. The number of amides is 2. The van der Waals surface area contributed by atoms with E-state index in [-0.39, 0.29) is 11.8 Å². The van der Waals surface area contributed by atoms with Crippen molar-refractivity contribution in [3.8, 4) is 5.75 Å². The maximum absolute atomic E-state index is 13.6. The topological polar surface area (TPSA) is 62.4 Å². The molecule has 2 amide bonds. The molecule has 0 atom stereocenters. The smallest absolute Gasteiger partial charge is 0.268 e. The molecule has 0 bridgehead atoms. The molecule has 0 fully saturated rings. The number of aromatic amines is 1. The highest BCUT2D eigenvalue weighted by Crippen LogP contribution is 2.42. The Bertz CT molecular complexity index is 1370. The molecule has 2 heterocycles. The van der Waals surface area contributed by atoms with Crippen LogP contribution in [0.2, 0.25) is 0 Å². The van der Waals surface area contributed by atoms with Crippen LogP contribution in [0.1, 0.15) is 11.1 Å². The molecular weight excluding hydrogens is 432 g/mol. The number of rotatable bonds is 7. The number of thioether (sulfide) groups is 1. The average Bonchev–Trinajstić information content (AvgIpc) is 3.37. The van der Waals surface area contributed by atoms with E-state index in [1.807, 2.05) is 79.0 Å². The number of ether oxygens (including phenoxy) is 1. The first-order chi connectivity index (χ1) is 16.2. The Morgan fingerprint density at radius 1 is 0.879 bits per heavy atom. The number of benzene rings is 3. The van der Waals surface area contributed by atoms with E-state index < -0.39 is 0 Å². The minimum atomic E-state index is -0.289. The summed E-state index contributed by atoms with van der Waals surface area (Å²) in [5.74, 6) is 0.00987. The molecule has 33 heavy (non-hydrogen) atoms. The van der Waals surface area contributed by atoms with Crippen LogP contribution in [-0.2, 0) is 16.0 Å². The number of fused-ring (bicyclic) bond motifs is 1. The maximum Gasteiger partial charge on any atom is 0.268 e. The summed E-state index contributed by atoms with van der Waals surface area (Å²) in [7, 11) is 1.57. The Kier molecular flexibility index (Phi) is 5.75. The molecule has 0 unspecified atom stereocenters. The van der Waals surface area contributed by atoms with Gasteiger partial charge in [0.15, 0.2) is 0 Å². The minimum absolute atomic E-state index is 0.269. The lowest BCUT2D eigenvalue weighted by atomic mass is 10.0. The van der Waals surface area contributed by atoms with E-state index in [1.54, 1.807) is 13.2 Å². The predicted octanol–water partition coefficient (Wildman–Crippen LogP) is 5.29. The third-order valence-electron chi connectivity index (χ3n) is 5.74. The van der Waals surface area contributed by atoms with E-state index in [4.69, 9.17) is 4.74 Å². The fraction of sp³-hybridized carbons (Fsp3) is 0.111. The van der Waals surface area contributed by atoms with Gasteiger partial charge in [-0.15, -0.1) is 0 Å². The van der Waals surface area contributed by atoms with Gasteiger partial charge in [0.05, 0.1) is 17.6 Å². The van der Waals surface area contributed by atoms with Crippen LogP contribution in [-0.4, -0.2) is 35.4 Å². The summed E-state index contributed by atoms with van der Waals surface area (Å²) in [4.78, 5) is 33.0. The lowest BCUT2D eigenvalue weighted by Crippen LogP contribution is -2.33. The van der Waals surface area contributed by atoms with Gasteiger partial charge < -0.3 is 9.72 Å². The molecule has 0 saturated carbocycles. The van der Waals surface area contributed by atoms with Crippen molar-refractivity contribution in [2.45, 2.75) is 11.3 Å². The SMILES string of the molecule is COc1ccccc1C1=C(Sc2ccccc2)C(=O)N(CCc2c[nH]c3ccccc23)C1=O. The van der Waals surface area contributed by atoms with Crippen LogP contribution in [0, 0.1) is 0 Å². The third kappa shape index (κ3) is 3.94. The first-order valence-corrected chi connectivity index (χ1v) is 11.5. The number of nitrogens with zero attached hydrogens (tertiary/aromatic N) is 1. The standard InChI is InChI=1S/C27H22N2O3S/c1-32-23-14-8-6-12-21(23)24-25(33-19-9-3-2-4-10-19)27(31)29(26(24)30)16-15-18-17-28-22-13-7-5-11-20(18)22/h2-14,17,28H,15-16H2,1H3. The number of imide groups is 1. The molecule has 1 aliphatic heterocycles. The molecule has 1 N–H and O–H groups in total. The van der Waals surface area contributed by atoms with Crippen LogP contribution < -0.4 is 4.74 Å². The van der Waals surface area contributed by atoms with Gasteiger partial charge in [-0.1, -0.05) is 66.4 Å². The van der Waals surface area contributed by atoms with Gasteiger partial charge in [-0.3, -0.25) is 14.5 Å². The molecule has 0 aliphatic carbocycles. The monoisotopic (exact) mass is 454 g/mol. The fourth-order valence-corrected chi connectivity index (χ4v) is 5.14. The Balaban J connectivity index is 1.49. The molecular formula is C27H22N2O3S. The maximum atomic E-state index is 13.6. The van der Waals surface area contributed by atoms with Crippen LogP contribution >= 0.6 is 11.8 Å². The predicted molar refractivity (Wildman–Crippen MR) is 131 cm³/mol. The van der Waals surface area contributed by atoms with Crippen molar-refractivity contribution < 1.29 is 14.3 Å². The van der Waals surface area contributed by atoms with Gasteiger partial charge in [0.1, 0.15) is 5.75 Å². The van der Waals surface area contributed by atoms with Crippen molar-refractivity contribution in [1.82, 2.24) is 9.88 Å². The fourth-order valence-electron chi connectivity index (χ4n) is 4.12. The molecule has 1 aromatic heterocycles. The molecule has 5 nitrogen and oxygen atoms in total. The van der Waals surface area contributed by atoms with Crippen molar-refractivity contribution in [2.75, 3.05) is 13.7 Å². The lowest BCUT2D eigenvalue weighted by Gasteiger charge is -2.15. The van der Waals surface area contributed by atoms with Crippen molar-refractivity contribution >= 4 is 40.1 Å². The molecule has 0 spiro atoms. The first-order valence-electron chi connectivity index (χ1n) is 10.7. The van der Waals surface area contributed by atoms with Gasteiger partial charge in [0.2, 0.25) is 0 Å². The molecule has 5 rings (SSSR count). The van der Waals surface area contributed by atoms with E-state index >= 15 is 0 Å². The zero-order valence-electron chi connectivity index (χ0n) is 18.1. The van der Waals surface area contributed by atoms with E-state index in [2.05, 4.69) is 4.98 Å². The van der Waals surface area contributed by atoms with Crippen molar-refractivity contribution in [3.05, 3.63) is 101 Å². The number of methoxy groups -OCH3 is 1. The quantitative estimate of drug-likeness (QED) is 0.386. The highest BCUT2D eigenvalue weighted by molar-refractivity contribution is 8.04. The second kappa shape index (κ2) is 9.00. The van der Waals surface area contributed by atoms with Gasteiger partial charge in [0, 0.05) is 34.1 Å². The first kappa shape index (κ1) is 21.1. The molecule has 0 saturated heterocycles. The normalized spacial score (nSPS) is 13.9. The highest BCUT2D eigenvalue weighted by atomic mass is 32.2. The third-order valence-corrected chi connectivity index (χ3v) is 6.84. The van der Waals surface area contributed by atoms with E-state index in [0.29, 0.717) is 34.8 Å². The van der Waals surface area contributed by atoms with Crippen LogP contribution in [0.5, 0.6) is 5.75 Å². The van der Waals surface area contributed by atoms with Crippen LogP contribution in [0.25, 0.3) is 16.5 Å². The summed E-state index contributed by atoms with van der Waals surface area (Å²) in [6.07, 6.45) is 2.52. The number of carbonyl (C=O) groups is 2. The van der Waals surface area contributed by atoms with Crippen molar-refractivity contribution in [1.29, 1.82) is 0 Å². The summed E-state index contributed by atoms with van der Waals surface area (Å²) in [5.41, 5.74) is 3.14. The molecule has 6 heteroatoms. The highest BCUT2D eigenvalue weighted by Gasteiger charge is 2.40. The van der Waals surface area contributed by atoms with Crippen molar-refractivity contribution in [3.63, 3.8) is 0 Å². The summed E-state index contributed by atoms with van der Waals surface area (Å²) in [6.45, 7) is 0.303. The number of nitrogens with one attached hydrogen (secondary N) is 1. The van der Waals surface area contributed by atoms with Gasteiger partial charge in [-0.25, -0.2) is 0 Å². The van der Waals surface area contributed by atoms with Crippen molar-refractivity contribution in [2.24, 2.45) is 0 Å². The zero-order valence-corrected chi connectivity index (χ0v) is 18.9. The molecule has 164 valence electrons. The number of hydrogen-bond donors (Lipinski definition) is 1. The number of para-hydroxylation sites is 2. The number of H-pyrrole nitrogens is 1. The molecule has 4 aromatic rings. The second-order valence-electron chi connectivity index (χ2n) is 7.69. The molecule has 1 aliphatic rings. The summed E-state index contributed by atoms with van der Waals surface area (Å²) < 4.78 is 5.51. The van der Waals surface area contributed by atoms with Gasteiger partial charge >= 0.3 is 0 Å². The molecule has 0 radical (unpaired) electrons. The Morgan fingerprint density at radius 2 is 1.61 bits per heavy atom. The van der Waals surface area contributed by atoms with Crippen LogP contribution in [0.3, 0.4) is 0 Å². The number of aromatic nitrogens is 1. The Morgan fingerprint density at radius 3 is 2.42 bits per heavy atom. The second-order valence-corrected chi connectivity index (χ2v) is 8.77. The Hall–Kier alpha value is -3.77.